The van der Waals surface area contributed by atoms with E-state index in [0.29, 0.717) is 53.9 Å². The first kappa shape index (κ1) is 38.1. The highest BCUT2D eigenvalue weighted by Crippen LogP contribution is 2.40. The van der Waals surface area contributed by atoms with Crippen molar-refractivity contribution in [1.29, 1.82) is 0 Å². The fourth-order valence-electron chi connectivity index (χ4n) is 7.21. The maximum absolute atomic E-state index is 14.2. The molecule has 290 valence electrons. The van der Waals surface area contributed by atoms with Gasteiger partial charge in [0, 0.05) is 24.1 Å². The highest BCUT2D eigenvalue weighted by atomic mass is 35.5. The van der Waals surface area contributed by atoms with Crippen LogP contribution in [0.4, 0.5) is 10.6 Å². The van der Waals surface area contributed by atoms with Crippen LogP contribution < -0.4 is 19.9 Å². The molecule has 1 aliphatic carbocycles. The highest BCUT2D eigenvalue weighted by Gasteiger charge is 2.34. The summed E-state index contributed by atoms with van der Waals surface area (Å²) in [4.78, 5) is 35.9. The van der Waals surface area contributed by atoms with E-state index in [4.69, 9.17) is 31.0 Å². The van der Waals surface area contributed by atoms with Gasteiger partial charge in [0.2, 0.25) is 0 Å². The van der Waals surface area contributed by atoms with Gasteiger partial charge in [-0.2, -0.15) is 5.10 Å². The molecule has 7 rings (SSSR count). The van der Waals surface area contributed by atoms with Crippen LogP contribution in [0, 0.1) is 0 Å². The minimum atomic E-state index is -0.633. The molecule has 4 heterocycles. The number of fused-ring (bicyclic) bond motifs is 2. The van der Waals surface area contributed by atoms with Gasteiger partial charge in [0.25, 0.3) is 0 Å². The van der Waals surface area contributed by atoms with Gasteiger partial charge in [-0.1, -0.05) is 56.6 Å². The van der Waals surface area contributed by atoms with Crippen molar-refractivity contribution in [3.05, 3.63) is 94.5 Å². The average Bonchev–Trinajstić information content (AvgIpc) is 3.90. The number of likely N-dealkylation sites (N-methyl/N-ethyl adjacent to an activating group) is 1. The molecule has 3 atom stereocenters. The normalized spacial score (nSPS) is 18.7. The molecule has 14 nitrogen and oxygen atoms in total. The molecule has 15 heteroatoms. The maximum atomic E-state index is 14.2. The zero-order valence-corrected chi connectivity index (χ0v) is 32.9. The van der Waals surface area contributed by atoms with E-state index in [2.05, 4.69) is 27.5 Å². The number of hydrogen-bond acceptors (Lipinski definition) is 10. The Morgan fingerprint density at radius 3 is 2.56 bits per heavy atom. The van der Waals surface area contributed by atoms with E-state index < -0.39 is 17.5 Å². The molecule has 0 bridgehead atoms. The smallest absolute Gasteiger partial charge is 0.357 e. The maximum Gasteiger partial charge on any atom is 0.357 e. The molecule has 1 aliphatic heterocycles. The Bertz CT molecular complexity index is 2160. The summed E-state index contributed by atoms with van der Waals surface area (Å²) in [7, 11) is 6.04. The van der Waals surface area contributed by atoms with Gasteiger partial charge in [0.05, 0.1) is 34.7 Å². The number of aromatic nitrogens is 5. The number of ether oxygens (including phenoxy) is 2. The fourth-order valence-corrected chi connectivity index (χ4v) is 7.38. The number of nitrogens with zero attached hydrogens (tertiary/aromatic N) is 8. The van der Waals surface area contributed by atoms with Crippen molar-refractivity contribution in [2.45, 2.75) is 70.1 Å². The van der Waals surface area contributed by atoms with E-state index in [1.54, 1.807) is 28.9 Å². The lowest BCUT2D eigenvalue weighted by Crippen LogP contribution is -2.43. The Kier molecular flexibility index (Phi) is 11.0. The van der Waals surface area contributed by atoms with Crippen molar-refractivity contribution in [2.75, 3.05) is 45.9 Å². The molecule has 0 radical (unpaired) electrons. The lowest BCUT2D eigenvalue weighted by molar-refractivity contribution is -0.129. The third-order valence-electron chi connectivity index (χ3n) is 10.2. The zero-order chi connectivity index (χ0) is 38.9. The number of likely N-dealkylation sites (tertiary alicyclic amines) is 1. The van der Waals surface area contributed by atoms with Crippen LogP contribution in [0.25, 0.3) is 11.3 Å². The second-order valence-corrected chi connectivity index (χ2v) is 15.8. The van der Waals surface area contributed by atoms with Crippen LogP contribution in [0.2, 0.25) is 5.02 Å². The molecule has 0 spiro atoms. The largest absolute Gasteiger partial charge is 0.491 e. The third-order valence-corrected chi connectivity index (χ3v) is 10.5. The Balaban J connectivity index is 1.14. The van der Waals surface area contributed by atoms with Crippen LogP contribution in [-0.4, -0.2) is 87.5 Å². The van der Waals surface area contributed by atoms with Crippen molar-refractivity contribution in [1.82, 2.24) is 39.5 Å². The van der Waals surface area contributed by atoms with Crippen LogP contribution in [0.15, 0.2) is 66.9 Å². The first-order chi connectivity index (χ1) is 26.4. The number of benzene rings is 2. The average molecular weight is 770 g/mol. The first-order valence-electron chi connectivity index (χ1n) is 18.6. The predicted octanol–water partition coefficient (Wildman–Crippen LogP) is 6.83. The number of hydrogen-bond donors (Lipinski definition) is 1. The third kappa shape index (κ3) is 8.12. The van der Waals surface area contributed by atoms with Gasteiger partial charge in [-0.25, -0.2) is 9.48 Å². The summed E-state index contributed by atoms with van der Waals surface area (Å²) in [5.74, 6) is 2.31. The Hall–Kier alpha value is -5.18. The number of carbonyl (C=O) groups is 2. The monoisotopic (exact) mass is 769 g/mol. The molecular formula is C40H48ClN9O5. The molecular weight excluding hydrogens is 722 g/mol. The summed E-state index contributed by atoms with van der Waals surface area (Å²) in [5.41, 5.74) is 3.50. The lowest BCUT2D eigenvalue weighted by atomic mass is 9.85. The standard InChI is InChI=1S/C40H48ClN9O5/c1-40(2,3)35-23-37(49(45-35)26-13-15-30(41)34(22-26)53-21-20-46(4)5)50(54-25-51)39(52)42-31-16-17-33(29-11-8-7-10-28(29)31)55-27-14-18-36-43-44-38(48(36)24-27)32-12-9-19-47(32)6/h7-8,10-11,13-15,18,22-25,31-33H,9,12,16-17,19-21H2,1-6H3,(H,42,52)/t31-,32-,33+/m0/s1. The summed E-state index contributed by atoms with van der Waals surface area (Å²) in [6.45, 7) is 8.42. The summed E-state index contributed by atoms with van der Waals surface area (Å²) in [6.07, 6.45) is 5.08. The number of amides is 2. The molecule has 5 aromatic rings. The van der Waals surface area contributed by atoms with Gasteiger partial charge in [-0.05, 0) is 88.8 Å². The minimum Gasteiger partial charge on any atom is -0.491 e. The molecule has 0 saturated carbocycles. The highest BCUT2D eigenvalue weighted by molar-refractivity contribution is 6.32. The van der Waals surface area contributed by atoms with Gasteiger partial charge in [-0.15, -0.1) is 15.3 Å². The molecule has 55 heavy (non-hydrogen) atoms. The van der Waals surface area contributed by atoms with Gasteiger partial charge in [0.1, 0.15) is 24.2 Å². The summed E-state index contributed by atoms with van der Waals surface area (Å²) >= 11 is 6.51. The summed E-state index contributed by atoms with van der Waals surface area (Å²) < 4.78 is 16.2. The van der Waals surface area contributed by atoms with Crippen LogP contribution >= 0.6 is 11.6 Å². The molecule has 2 aliphatic rings. The van der Waals surface area contributed by atoms with E-state index in [-0.39, 0.29) is 24.4 Å². The van der Waals surface area contributed by atoms with Crippen LogP contribution in [-0.2, 0) is 15.0 Å². The van der Waals surface area contributed by atoms with Crippen molar-refractivity contribution in [3.63, 3.8) is 0 Å². The molecule has 0 unspecified atom stereocenters. The van der Waals surface area contributed by atoms with Gasteiger partial charge < -0.3 is 24.5 Å². The number of nitrogens with one attached hydrogen (secondary N) is 1. The van der Waals surface area contributed by atoms with Crippen molar-refractivity contribution >= 4 is 35.6 Å². The number of hydroxylamine groups is 1. The summed E-state index contributed by atoms with van der Waals surface area (Å²) in [5, 5.41) is 18.3. The molecule has 1 saturated heterocycles. The minimum absolute atomic E-state index is 0.210. The van der Waals surface area contributed by atoms with Crippen molar-refractivity contribution in [3.8, 4) is 17.2 Å². The van der Waals surface area contributed by atoms with Crippen molar-refractivity contribution in [2.24, 2.45) is 0 Å². The number of urea groups is 1. The van der Waals surface area contributed by atoms with Gasteiger partial charge in [0.15, 0.2) is 17.3 Å². The molecule has 2 aromatic carbocycles. The van der Waals surface area contributed by atoms with E-state index in [0.717, 1.165) is 47.0 Å². The second kappa shape index (κ2) is 15.9. The number of rotatable bonds is 12. The Labute approximate surface area is 325 Å². The summed E-state index contributed by atoms with van der Waals surface area (Å²) in [6, 6.07) is 17.9. The number of pyridine rings is 1. The van der Waals surface area contributed by atoms with Crippen molar-refractivity contribution < 1.29 is 23.9 Å². The van der Waals surface area contributed by atoms with Crippen LogP contribution in [0.3, 0.4) is 0 Å². The Morgan fingerprint density at radius 1 is 1.04 bits per heavy atom. The second-order valence-electron chi connectivity index (χ2n) is 15.4. The van der Waals surface area contributed by atoms with Gasteiger partial charge in [-0.3, -0.25) is 14.1 Å². The van der Waals surface area contributed by atoms with E-state index >= 15 is 0 Å². The quantitative estimate of drug-likeness (QED) is 0.106. The SMILES string of the molecule is CN(C)CCOc1cc(-n2nc(C(C)(C)C)cc2N(OC=O)C(=O)N[C@H]2CC[C@@H](Oc3ccc4nnc([C@@H]5CCCN5C)n4c3)c3ccccc32)ccc1Cl. The molecule has 1 N–H and O–H groups in total. The molecule has 3 aromatic heterocycles. The predicted molar refractivity (Wildman–Crippen MR) is 209 cm³/mol. The first-order valence-corrected chi connectivity index (χ1v) is 19.0. The fraction of sp³-hybridized carbons (Fsp3) is 0.425. The van der Waals surface area contributed by atoms with E-state index in [1.165, 1.54) is 0 Å². The van der Waals surface area contributed by atoms with Crippen LogP contribution in [0.5, 0.6) is 11.5 Å². The van der Waals surface area contributed by atoms with Gasteiger partial charge >= 0.3 is 12.5 Å². The number of anilines is 1. The number of halogens is 1. The molecule has 2 amide bonds. The van der Waals surface area contributed by atoms with E-state index in [1.807, 2.05) is 86.8 Å². The molecule has 1 fully saturated rings. The Morgan fingerprint density at radius 2 is 1.84 bits per heavy atom. The zero-order valence-electron chi connectivity index (χ0n) is 32.1. The van der Waals surface area contributed by atoms with E-state index in [9.17, 15) is 9.59 Å². The van der Waals surface area contributed by atoms with Crippen LogP contribution in [0.1, 0.15) is 87.3 Å². The lowest BCUT2D eigenvalue weighted by Gasteiger charge is -2.33. The number of carbonyl (C=O) groups excluding carboxylic acids is 2. The topological polar surface area (TPSA) is 132 Å².